The van der Waals surface area contributed by atoms with Crippen molar-refractivity contribution in [1.29, 1.82) is 0 Å². The molecule has 0 spiro atoms. The van der Waals surface area contributed by atoms with Crippen LogP contribution in [-0.4, -0.2) is 28.2 Å². The molecule has 0 saturated carbocycles. The van der Waals surface area contributed by atoms with Crippen molar-refractivity contribution in [3.63, 3.8) is 0 Å². The van der Waals surface area contributed by atoms with E-state index in [0.29, 0.717) is 6.61 Å². The third kappa shape index (κ3) is 2.26. The molecule has 0 aliphatic carbocycles. The Kier molecular flexibility index (Phi) is 3.17. The second-order valence-electron chi connectivity index (χ2n) is 3.68. The van der Waals surface area contributed by atoms with E-state index in [4.69, 9.17) is 4.74 Å². The van der Waals surface area contributed by atoms with E-state index in [-0.39, 0.29) is 0 Å². The molecule has 1 saturated heterocycles. The Morgan fingerprint density at radius 1 is 1.60 bits per heavy atom. The quantitative estimate of drug-likeness (QED) is 0.852. The van der Waals surface area contributed by atoms with E-state index in [1.54, 1.807) is 24.2 Å². The summed E-state index contributed by atoms with van der Waals surface area (Å²) < 4.78 is 5.37. The van der Waals surface area contributed by atoms with Gasteiger partial charge < -0.3 is 9.84 Å². The molecule has 1 aliphatic rings. The van der Waals surface area contributed by atoms with E-state index in [1.807, 2.05) is 13.0 Å². The first-order chi connectivity index (χ1) is 7.24. The molecule has 1 fully saturated rings. The zero-order valence-corrected chi connectivity index (χ0v) is 9.59. The SMILES string of the molecule is CCOc1cncc(C2(O)CCSC2)c1. The van der Waals surface area contributed by atoms with Crippen molar-refractivity contribution < 1.29 is 9.84 Å². The van der Waals surface area contributed by atoms with Gasteiger partial charge >= 0.3 is 0 Å². The smallest absolute Gasteiger partial charge is 0.137 e. The van der Waals surface area contributed by atoms with Crippen molar-refractivity contribution >= 4 is 11.8 Å². The van der Waals surface area contributed by atoms with Crippen LogP contribution in [-0.2, 0) is 5.60 Å². The predicted octanol–water partition coefficient (Wildman–Crippen LogP) is 1.80. The highest BCUT2D eigenvalue weighted by atomic mass is 32.2. The molecule has 0 radical (unpaired) electrons. The van der Waals surface area contributed by atoms with Crippen LogP contribution in [0, 0.1) is 0 Å². The van der Waals surface area contributed by atoms with Crippen LogP contribution in [0.15, 0.2) is 18.5 Å². The molecule has 1 aromatic rings. The number of nitrogens with zero attached hydrogens (tertiary/aromatic N) is 1. The Balaban J connectivity index is 2.23. The number of hydrogen-bond donors (Lipinski definition) is 1. The summed E-state index contributed by atoms with van der Waals surface area (Å²) in [6, 6.07) is 1.89. The van der Waals surface area contributed by atoms with Crippen LogP contribution < -0.4 is 4.74 Å². The van der Waals surface area contributed by atoms with Crippen LogP contribution in [0.2, 0.25) is 0 Å². The summed E-state index contributed by atoms with van der Waals surface area (Å²) in [6.07, 6.45) is 4.21. The molecule has 1 N–H and O–H groups in total. The van der Waals surface area contributed by atoms with E-state index in [0.717, 1.165) is 29.2 Å². The van der Waals surface area contributed by atoms with Crippen LogP contribution >= 0.6 is 11.8 Å². The fourth-order valence-corrected chi connectivity index (χ4v) is 2.98. The van der Waals surface area contributed by atoms with Gasteiger partial charge in [0, 0.05) is 17.5 Å². The lowest BCUT2D eigenvalue weighted by Crippen LogP contribution is -2.24. The summed E-state index contributed by atoms with van der Waals surface area (Å²) in [4.78, 5) is 4.10. The normalized spacial score (nSPS) is 25.5. The Labute approximate surface area is 93.9 Å². The Morgan fingerprint density at radius 2 is 2.47 bits per heavy atom. The van der Waals surface area contributed by atoms with Gasteiger partial charge in [0.1, 0.15) is 11.4 Å². The van der Waals surface area contributed by atoms with Crippen molar-refractivity contribution in [2.45, 2.75) is 18.9 Å². The summed E-state index contributed by atoms with van der Waals surface area (Å²) >= 11 is 1.78. The van der Waals surface area contributed by atoms with Gasteiger partial charge in [-0.3, -0.25) is 4.98 Å². The van der Waals surface area contributed by atoms with E-state index < -0.39 is 5.60 Å². The minimum atomic E-state index is -0.704. The van der Waals surface area contributed by atoms with Crippen LogP contribution in [0.1, 0.15) is 18.9 Å². The fraction of sp³-hybridized carbons (Fsp3) is 0.545. The first-order valence-corrected chi connectivity index (χ1v) is 6.28. The summed E-state index contributed by atoms with van der Waals surface area (Å²) in [5.74, 6) is 2.50. The largest absolute Gasteiger partial charge is 0.492 e. The molecule has 0 bridgehead atoms. The fourth-order valence-electron chi connectivity index (χ4n) is 1.70. The summed E-state index contributed by atoms with van der Waals surface area (Å²) in [7, 11) is 0. The third-order valence-corrected chi connectivity index (χ3v) is 3.74. The lowest BCUT2D eigenvalue weighted by molar-refractivity contribution is 0.0651. The van der Waals surface area contributed by atoms with E-state index >= 15 is 0 Å². The Morgan fingerprint density at radius 3 is 3.13 bits per heavy atom. The van der Waals surface area contributed by atoms with Crippen LogP contribution in [0.3, 0.4) is 0 Å². The van der Waals surface area contributed by atoms with Gasteiger partial charge in [-0.05, 0) is 25.2 Å². The number of aromatic nitrogens is 1. The summed E-state index contributed by atoms with van der Waals surface area (Å²) in [5.41, 5.74) is 0.170. The van der Waals surface area contributed by atoms with E-state index in [1.165, 1.54) is 0 Å². The zero-order chi connectivity index (χ0) is 10.7. The molecule has 1 aliphatic heterocycles. The molecule has 2 rings (SSSR count). The number of thioether (sulfide) groups is 1. The molecule has 0 amide bonds. The van der Waals surface area contributed by atoms with Crippen LogP contribution in [0.4, 0.5) is 0 Å². The monoisotopic (exact) mass is 225 g/mol. The minimum Gasteiger partial charge on any atom is -0.492 e. The molecule has 1 unspecified atom stereocenters. The van der Waals surface area contributed by atoms with Gasteiger partial charge in [0.2, 0.25) is 0 Å². The zero-order valence-electron chi connectivity index (χ0n) is 8.77. The second kappa shape index (κ2) is 4.41. The molecule has 4 heteroatoms. The Bertz CT molecular complexity index is 337. The molecule has 2 heterocycles. The molecular weight excluding hydrogens is 210 g/mol. The maximum atomic E-state index is 10.3. The molecule has 15 heavy (non-hydrogen) atoms. The second-order valence-corrected chi connectivity index (χ2v) is 4.78. The van der Waals surface area contributed by atoms with Gasteiger partial charge in [0.05, 0.1) is 12.8 Å². The van der Waals surface area contributed by atoms with Crippen molar-refractivity contribution in [1.82, 2.24) is 4.98 Å². The van der Waals surface area contributed by atoms with E-state index in [2.05, 4.69) is 4.98 Å². The minimum absolute atomic E-state index is 0.623. The first-order valence-electron chi connectivity index (χ1n) is 5.13. The molecule has 1 atom stereocenters. The molecular formula is C11H15NO2S. The molecule has 0 aromatic carbocycles. The highest BCUT2D eigenvalue weighted by Gasteiger charge is 2.34. The molecule has 3 nitrogen and oxygen atoms in total. The predicted molar refractivity (Wildman–Crippen MR) is 61.2 cm³/mol. The lowest BCUT2D eigenvalue weighted by Gasteiger charge is -2.21. The summed E-state index contributed by atoms with van der Waals surface area (Å²) in [5, 5.41) is 10.3. The van der Waals surface area contributed by atoms with Crippen molar-refractivity contribution in [3.05, 3.63) is 24.0 Å². The average molecular weight is 225 g/mol. The summed E-state index contributed by atoms with van der Waals surface area (Å²) in [6.45, 7) is 2.56. The van der Waals surface area contributed by atoms with Crippen LogP contribution in [0.5, 0.6) is 5.75 Å². The first kappa shape index (κ1) is 10.8. The van der Waals surface area contributed by atoms with Gasteiger partial charge in [-0.15, -0.1) is 0 Å². The number of hydrogen-bond acceptors (Lipinski definition) is 4. The Hall–Kier alpha value is -0.740. The van der Waals surface area contributed by atoms with Gasteiger partial charge in [-0.2, -0.15) is 11.8 Å². The van der Waals surface area contributed by atoms with Crippen molar-refractivity contribution in [2.75, 3.05) is 18.1 Å². The van der Waals surface area contributed by atoms with Gasteiger partial charge in [-0.25, -0.2) is 0 Å². The van der Waals surface area contributed by atoms with Gasteiger partial charge in [0.15, 0.2) is 0 Å². The van der Waals surface area contributed by atoms with E-state index in [9.17, 15) is 5.11 Å². The van der Waals surface area contributed by atoms with Gasteiger partial charge in [0.25, 0.3) is 0 Å². The molecule has 82 valence electrons. The molecule has 1 aromatic heterocycles. The highest BCUT2D eigenvalue weighted by Crippen LogP contribution is 2.37. The highest BCUT2D eigenvalue weighted by molar-refractivity contribution is 7.99. The number of pyridine rings is 1. The van der Waals surface area contributed by atoms with Crippen molar-refractivity contribution in [3.8, 4) is 5.75 Å². The van der Waals surface area contributed by atoms with Crippen molar-refractivity contribution in [2.24, 2.45) is 0 Å². The number of rotatable bonds is 3. The lowest BCUT2D eigenvalue weighted by atomic mass is 9.95. The topological polar surface area (TPSA) is 42.4 Å². The van der Waals surface area contributed by atoms with Gasteiger partial charge in [-0.1, -0.05) is 0 Å². The van der Waals surface area contributed by atoms with Crippen LogP contribution in [0.25, 0.3) is 0 Å². The maximum absolute atomic E-state index is 10.3. The number of ether oxygens (including phenoxy) is 1. The third-order valence-electron chi connectivity index (χ3n) is 2.56. The number of aliphatic hydroxyl groups is 1. The maximum Gasteiger partial charge on any atom is 0.137 e. The standard InChI is InChI=1S/C11H15NO2S/c1-2-14-10-5-9(6-12-7-10)11(13)3-4-15-8-11/h5-7,13H,2-4,8H2,1H3. The average Bonchev–Trinajstić information content (AvgIpc) is 2.68.